The molecule has 0 N–H and O–H groups in total. The minimum Gasteiger partial charge on any atom is -0.311 e. The lowest BCUT2D eigenvalue weighted by Crippen LogP contribution is -2.61. The summed E-state index contributed by atoms with van der Waals surface area (Å²) in [6.07, 6.45) is 0. The maximum Gasteiger partial charge on any atom is 0.252 e. The molecule has 0 saturated carbocycles. The van der Waals surface area contributed by atoms with Crippen LogP contribution in [-0.4, -0.2) is 15.8 Å². The molecule has 2 aromatic heterocycles. The summed E-state index contributed by atoms with van der Waals surface area (Å²) in [4.78, 5) is 4.59. The van der Waals surface area contributed by atoms with E-state index in [0.29, 0.717) is 22.7 Å². The van der Waals surface area contributed by atoms with Gasteiger partial charge in [0.2, 0.25) is 0 Å². The molecule has 0 atom stereocenters. The molecule has 11 aromatic carbocycles. The number of nitrogens with zero attached hydrogens (tertiary/aromatic N) is 4. The first kappa shape index (κ1) is 42.6. The van der Waals surface area contributed by atoms with Crippen LogP contribution in [0.25, 0.3) is 77.2 Å². The molecule has 2 aliphatic rings. The fourth-order valence-corrected chi connectivity index (χ4v) is 13.7. The molecule has 15 rings (SSSR count). The van der Waals surface area contributed by atoms with Crippen molar-refractivity contribution in [1.29, 1.82) is 0 Å². The van der Waals surface area contributed by atoms with Gasteiger partial charge in [-0.25, -0.2) is 0 Å². The third kappa shape index (κ3) is 9.55. The van der Waals surface area contributed by atoms with Crippen LogP contribution in [0.15, 0.2) is 230 Å². The van der Waals surface area contributed by atoms with Crippen molar-refractivity contribution in [1.82, 2.24) is 9.13 Å². The van der Waals surface area contributed by atoms with E-state index in [2.05, 4.69) is 186 Å². The van der Waals surface area contributed by atoms with Crippen LogP contribution < -0.4 is 26.2 Å². The van der Waals surface area contributed by atoms with Gasteiger partial charge in [-0.05, 0) is 155 Å². The molecule has 2 aliphatic heterocycles. The summed E-state index contributed by atoms with van der Waals surface area (Å²) in [6, 6.07) is 38.7. The summed E-state index contributed by atoms with van der Waals surface area (Å²) >= 11 is 0. The first-order valence-corrected chi connectivity index (χ1v) is 31.5. The lowest BCUT2D eigenvalue weighted by molar-refractivity contribution is 0.568. The molecule has 91 heavy (non-hydrogen) atoms. The predicted molar refractivity (Wildman–Crippen MR) is 394 cm³/mol. The second kappa shape index (κ2) is 20.6. The molecule has 0 radical (unpaired) electrons. The molecule has 0 amide bonds. The van der Waals surface area contributed by atoms with Crippen LogP contribution in [0.3, 0.4) is 0 Å². The van der Waals surface area contributed by atoms with E-state index in [9.17, 15) is 11.0 Å². The van der Waals surface area contributed by atoms with E-state index in [0.717, 1.165) is 89.2 Å². The number of aromatic nitrogens is 2. The highest BCUT2D eigenvalue weighted by Gasteiger charge is 2.45. The number of hydrogen-bond acceptors (Lipinski definition) is 2. The highest BCUT2D eigenvalue weighted by molar-refractivity contribution is 7.00. The zero-order chi connectivity index (χ0) is 77.3. The highest BCUT2D eigenvalue weighted by atomic mass is 15.2. The Morgan fingerprint density at radius 2 is 0.593 bits per heavy atom. The van der Waals surface area contributed by atoms with E-state index in [4.69, 9.17) is 11.0 Å². The molecule has 0 spiro atoms. The van der Waals surface area contributed by atoms with Gasteiger partial charge in [-0.2, -0.15) is 0 Å². The zero-order valence-corrected chi connectivity index (χ0v) is 54.6. The zero-order valence-electron chi connectivity index (χ0n) is 70.6. The van der Waals surface area contributed by atoms with E-state index in [1.807, 2.05) is 60.7 Å². The second-order valence-electron chi connectivity index (χ2n) is 30.0. The predicted octanol–water partition coefficient (Wildman–Crippen LogP) is 21.8. The van der Waals surface area contributed by atoms with E-state index in [1.165, 1.54) is 0 Å². The summed E-state index contributed by atoms with van der Waals surface area (Å²) in [5.41, 5.74) is 15.0. The van der Waals surface area contributed by atoms with Gasteiger partial charge in [-0.3, -0.25) is 0 Å². The quantitative estimate of drug-likeness (QED) is 0.154. The monoisotopic (exact) mass is 1200 g/mol. The maximum absolute atomic E-state index is 9.72. The average molecular weight is 1200 g/mol. The van der Waals surface area contributed by atoms with Crippen molar-refractivity contribution in [2.45, 2.75) is 131 Å². The van der Waals surface area contributed by atoms with Gasteiger partial charge in [-0.1, -0.05) is 261 Å². The molecule has 450 valence electrons. The molecule has 0 fully saturated rings. The summed E-state index contributed by atoms with van der Waals surface area (Å²) in [5.74, 6) is 0. The summed E-state index contributed by atoms with van der Waals surface area (Å²) in [5, 5.41) is -0.212. The van der Waals surface area contributed by atoms with Crippen LogP contribution in [0.2, 0.25) is 0 Å². The van der Waals surface area contributed by atoms with Crippen LogP contribution in [0.5, 0.6) is 0 Å². The second-order valence-corrected chi connectivity index (χ2v) is 30.0. The largest absolute Gasteiger partial charge is 0.311 e. The van der Waals surface area contributed by atoms with Crippen LogP contribution in [-0.2, 0) is 27.1 Å². The van der Waals surface area contributed by atoms with E-state index < -0.39 is 109 Å². The van der Waals surface area contributed by atoms with Gasteiger partial charge in [0.25, 0.3) is 6.71 Å². The Morgan fingerprint density at radius 3 is 0.912 bits per heavy atom. The molecule has 0 bridgehead atoms. The van der Waals surface area contributed by atoms with Crippen molar-refractivity contribution in [3.05, 3.63) is 258 Å². The molecule has 4 nitrogen and oxygen atoms in total. The third-order valence-corrected chi connectivity index (χ3v) is 18.7. The summed E-state index contributed by atoms with van der Waals surface area (Å²) in [7, 11) is 0. The Bertz CT molecular complexity index is 5520. The van der Waals surface area contributed by atoms with Crippen molar-refractivity contribution in [2.24, 2.45) is 0 Å². The van der Waals surface area contributed by atoms with E-state index >= 15 is 0 Å². The van der Waals surface area contributed by atoms with E-state index in [1.54, 1.807) is 9.13 Å². The first-order valence-electron chi connectivity index (χ1n) is 39.5. The van der Waals surface area contributed by atoms with Crippen molar-refractivity contribution < 1.29 is 21.9 Å². The molecular formula is C86H83BN4. The smallest absolute Gasteiger partial charge is 0.252 e. The number of fused-ring (bicyclic) bond motifs is 10. The fraction of sp³-hybridized carbons (Fsp3) is 0.233. The van der Waals surface area contributed by atoms with Gasteiger partial charge >= 0.3 is 0 Å². The molecule has 13 aromatic rings. The fourth-order valence-electron chi connectivity index (χ4n) is 13.7. The van der Waals surface area contributed by atoms with Crippen LogP contribution >= 0.6 is 0 Å². The average Bonchev–Trinajstić information content (AvgIpc) is 1.69. The van der Waals surface area contributed by atoms with Gasteiger partial charge in [-0.15, -0.1) is 0 Å². The minimum absolute atomic E-state index is 0.0283. The Labute approximate surface area is 562 Å². The Balaban J connectivity index is 1.14. The number of anilines is 6. The highest BCUT2D eigenvalue weighted by Crippen LogP contribution is 2.52. The van der Waals surface area contributed by atoms with Crippen molar-refractivity contribution >= 4 is 101 Å². The molecule has 0 unspecified atom stereocenters. The maximum atomic E-state index is 9.72. The van der Waals surface area contributed by atoms with Gasteiger partial charge in [0.05, 0.1) is 55.4 Å². The minimum atomic E-state index is -0.678. The SMILES string of the molecule is [2H]c1c([2H])c([2H])c2c(c1[2H])c1c([2H])c([2H])c([2H])c([2H])c1n2-c1ccc2c(c1)N(c1ccccc1-c1cc(C(C)(C)C)cc(C(C)(C)C)c1)c1cc(C(C)(C)C)cc3c1B2c1ccc(-n2c4c([2H])c([2H])c([2H])c([2H])c4c4c([2H])c([2H])c([2H])c([2H])c42)cc1N3c1ccccc1-c1cc(C(C)(C)C)cc(C(C)(C)C)c1. The Kier molecular flexibility index (Phi) is 9.65. The van der Waals surface area contributed by atoms with Crippen molar-refractivity contribution in [2.75, 3.05) is 9.80 Å². The molecule has 0 aliphatic carbocycles. The number of hydrogen-bond donors (Lipinski definition) is 0. The van der Waals surface area contributed by atoms with Gasteiger partial charge < -0.3 is 18.9 Å². The lowest BCUT2D eigenvalue weighted by Gasteiger charge is -2.46. The topological polar surface area (TPSA) is 16.3 Å². The van der Waals surface area contributed by atoms with Crippen molar-refractivity contribution in [3.63, 3.8) is 0 Å². The van der Waals surface area contributed by atoms with Gasteiger partial charge in [0.15, 0.2) is 0 Å². The summed E-state index contributed by atoms with van der Waals surface area (Å²) < 4.78 is 152. The molecule has 4 heterocycles. The van der Waals surface area contributed by atoms with Gasteiger partial charge in [0, 0.05) is 66.8 Å². The number of rotatable bonds is 6. The Hall–Kier alpha value is -9.32. The Morgan fingerprint density at radius 1 is 0.297 bits per heavy atom. The van der Waals surface area contributed by atoms with Crippen LogP contribution in [0.4, 0.5) is 34.1 Å². The number of para-hydroxylation sites is 6. The summed E-state index contributed by atoms with van der Waals surface area (Å²) in [6.45, 7) is 32.4. The van der Waals surface area contributed by atoms with E-state index in [-0.39, 0.29) is 65.3 Å². The normalized spacial score (nSPS) is 16.1. The van der Waals surface area contributed by atoms with Crippen LogP contribution in [0, 0.1) is 0 Å². The first-order chi connectivity index (χ1) is 49.9. The third-order valence-electron chi connectivity index (χ3n) is 18.7. The molecule has 5 heteroatoms. The van der Waals surface area contributed by atoms with Crippen molar-refractivity contribution in [3.8, 4) is 33.6 Å². The van der Waals surface area contributed by atoms with Gasteiger partial charge in [0.1, 0.15) is 0 Å². The van der Waals surface area contributed by atoms with Crippen LogP contribution in [0.1, 0.15) is 154 Å². The lowest BCUT2D eigenvalue weighted by atomic mass is 9.33. The molecular weight excluding hydrogens is 1100 g/mol. The molecule has 0 saturated heterocycles. The standard InChI is InChI=1S/C86H83BN4/c1-82(2,3)56-44-54(45-57(48-56)83(4,5)6)63-28-16-22-34-71(63)90-77-52-61(88-73-36-24-18-30-65(73)66-31-19-25-37-74(66)88)40-42-69(77)87-70-43-41-62(89-75-38-26-20-32-67(75)68-33-21-27-39-76(68)89)53-78(70)91(80-51-60(86(13,14)15)50-79(90)81(80)87)72-35-23-17-29-64(72)55-46-58(84(7,8)9)49-59(47-55)85(10,11)12/h16-53H,1-15H3/i18D,19D,20D,21D,24D,25D,26D,27D,30D,31D,32D,33D,36D,37D,38D,39D. The number of benzene rings is 11.